The summed E-state index contributed by atoms with van der Waals surface area (Å²) in [6.45, 7) is 3.72. The van der Waals surface area contributed by atoms with Crippen LogP contribution in [0.3, 0.4) is 0 Å². The quantitative estimate of drug-likeness (QED) is 0.145. The van der Waals surface area contributed by atoms with E-state index in [1.54, 1.807) is 12.1 Å². The monoisotopic (exact) mass is 638 g/mol. The standard InChI is InChI=1S/C31H16ClF5N4O4/c1-2-14-11-22(38-28(42)15-9-16(31(35,36)37)12-18(34)10-15)26(45-23-13-17(33)7-8-21(23)32)24-25(14)39-40-27(24)41-29(43)19-5-3-4-6-20(19)30(41)44/h2-13H,1H2,(H,38,42)(H,39,40). The number of aromatic amines is 1. The number of halogens is 6. The average Bonchev–Trinajstić information content (AvgIpc) is 3.53. The fourth-order valence-corrected chi connectivity index (χ4v) is 4.99. The highest BCUT2D eigenvalue weighted by Crippen LogP contribution is 2.46. The molecule has 2 N–H and O–H groups in total. The molecule has 0 saturated heterocycles. The van der Waals surface area contributed by atoms with E-state index in [4.69, 9.17) is 16.3 Å². The van der Waals surface area contributed by atoms with Gasteiger partial charge in [-0.3, -0.25) is 19.5 Å². The summed E-state index contributed by atoms with van der Waals surface area (Å²) in [6.07, 6.45) is -3.63. The third kappa shape index (κ3) is 5.16. The van der Waals surface area contributed by atoms with Gasteiger partial charge >= 0.3 is 6.18 Å². The lowest BCUT2D eigenvalue weighted by Gasteiger charge is -2.18. The second-order valence-corrected chi connectivity index (χ2v) is 10.1. The number of ether oxygens (including phenoxy) is 1. The van der Waals surface area contributed by atoms with Gasteiger partial charge in [-0.05, 0) is 48.5 Å². The Hall–Kier alpha value is -5.56. The van der Waals surface area contributed by atoms with Crippen molar-refractivity contribution in [2.75, 3.05) is 10.2 Å². The summed E-state index contributed by atoms with van der Waals surface area (Å²) < 4.78 is 74.5. The van der Waals surface area contributed by atoms with Crippen molar-refractivity contribution in [3.8, 4) is 11.5 Å². The predicted molar refractivity (Wildman–Crippen MR) is 155 cm³/mol. The van der Waals surface area contributed by atoms with Gasteiger partial charge in [0.05, 0.1) is 38.3 Å². The average molecular weight is 639 g/mol. The Morgan fingerprint density at radius 1 is 0.978 bits per heavy atom. The van der Waals surface area contributed by atoms with Crippen molar-refractivity contribution < 1.29 is 41.1 Å². The molecule has 0 radical (unpaired) electrons. The Labute approximate surface area is 254 Å². The molecule has 0 bridgehead atoms. The number of fused-ring (bicyclic) bond motifs is 2. The molecule has 45 heavy (non-hydrogen) atoms. The first-order valence-electron chi connectivity index (χ1n) is 12.8. The summed E-state index contributed by atoms with van der Waals surface area (Å²) in [4.78, 5) is 40.8. The Balaban J connectivity index is 1.56. The summed E-state index contributed by atoms with van der Waals surface area (Å²) in [6, 6.07) is 11.8. The summed E-state index contributed by atoms with van der Waals surface area (Å²) in [5.74, 6) is -5.59. The zero-order valence-corrected chi connectivity index (χ0v) is 23.2. The lowest BCUT2D eigenvalue weighted by Crippen LogP contribution is -2.30. The molecule has 2 heterocycles. The number of benzene rings is 4. The van der Waals surface area contributed by atoms with Gasteiger partial charge in [0, 0.05) is 17.2 Å². The third-order valence-electron chi connectivity index (χ3n) is 6.87. The number of hydrogen-bond donors (Lipinski definition) is 2. The van der Waals surface area contributed by atoms with Crippen LogP contribution in [0.2, 0.25) is 5.02 Å². The maximum atomic E-state index is 14.2. The molecular formula is C31H16ClF5N4O4. The highest BCUT2D eigenvalue weighted by atomic mass is 35.5. The number of anilines is 2. The van der Waals surface area contributed by atoms with Gasteiger partial charge in [0.25, 0.3) is 17.7 Å². The van der Waals surface area contributed by atoms with Gasteiger partial charge in [0.15, 0.2) is 11.6 Å². The fourth-order valence-electron chi connectivity index (χ4n) is 4.83. The molecule has 0 atom stereocenters. The van der Waals surface area contributed by atoms with Crippen molar-refractivity contribution in [3.63, 3.8) is 0 Å². The number of nitrogens with zero attached hydrogens (tertiary/aromatic N) is 2. The van der Waals surface area contributed by atoms with E-state index >= 15 is 0 Å². The van der Waals surface area contributed by atoms with Gasteiger partial charge in [-0.15, -0.1) is 0 Å². The molecule has 6 rings (SSSR count). The molecule has 0 fully saturated rings. The molecule has 1 aliphatic heterocycles. The van der Waals surface area contributed by atoms with Crippen LogP contribution in [0.5, 0.6) is 11.5 Å². The second-order valence-electron chi connectivity index (χ2n) is 9.69. The predicted octanol–water partition coefficient (Wildman–Crippen LogP) is 8.00. The molecule has 0 saturated carbocycles. The zero-order chi connectivity index (χ0) is 32.2. The van der Waals surface area contributed by atoms with Crippen LogP contribution in [-0.4, -0.2) is 27.9 Å². The normalized spacial score (nSPS) is 12.9. The van der Waals surface area contributed by atoms with Crippen LogP contribution < -0.4 is 15.0 Å². The Bertz CT molecular complexity index is 2060. The number of imide groups is 1. The van der Waals surface area contributed by atoms with Crippen LogP contribution in [-0.2, 0) is 6.18 Å². The SMILES string of the molecule is C=Cc1cc(NC(=O)c2cc(F)cc(C(F)(F)F)c2)c(Oc2cc(F)ccc2Cl)c2c(N3C(=O)c4ccccc4C3=O)n[nH]c12. The third-order valence-corrected chi connectivity index (χ3v) is 7.19. The zero-order valence-electron chi connectivity index (χ0n) is 22.4. The maximum Gasteiger partial charge on any atom is 0.416 e. The van der Waals surface area contributed by atoms with Gasteiger partial charge in [-0.25, -0.2) is 13.7 Å². The van der Waals surface area contributed by atoms with E-state index in [1.807, 2.05) is 0 Å². The van der Waals surface area contributed by atoms with Gasteiger partial charge in [-0.2, -0.15) is 18.3 Å². The fraction of sp³-hybridized carbons (Fsp3) is 0.0323. The molecule has 0 aliphatic carbocycles. The maximum absolute atomic E-state index is 14.2. The lowest BCUT2D eigenvalue weighted by atomic mass is 10.1. The Kier molecular flexibility index (Phi) is 7.12. The number of carbonyl (C=O) groups is 3. The van der Waals surface area contributed by atoms with E-state index < -0.39 is 46.7 Å². The molecule has 1 aromatic heterocycles. The minimum absolute atomic E-state index is 0.0762. The van der Waals surface area contributed by atoms with Crippen molar-refractivity contribution in [2.24, 2.45) is 0 Å². The van der Waals surface area contributed by atoms with Crippen molar-refractivity contribution in [3.05, 3.63) is 118 Å². The van der Waals surface area contributed by atoms with Crippen LogP contribution in [0, 0.1) is 11.6 Å². The van der Waals surface area contributed by atoms with Crippen molar-refractivity contribution in [2.45, 2.75) is 6.18 Å². The number of aromatic nitrogens is 2. The smallest absolute Gasteiger partial charge is 0.416 e. The lowest BCUT2D eigenvalue weighted by molar-refractivity contribution is -0.137. The van der Waals surface area contributed by atoms with Crippen molar-refractivity contribution >= 4 is 57.8 Å². The number of carbonyl (C=O) groups excluding carboxylic acids is 3. The largest absolute Gasteiger partial charge is 0.453 e. The highest BCUT2D eigenvalue weighted by Gasteiger charge is 2.40. The van der Waals surface area contributed by atoms with Crippen LogP contribution in [0.25, 0.3) is 17.0 Å². The summed E-state index contributed by atoms with van der Waals surface area (Å²) in [5, 5.41) is 9.11. The second kappa shape index (κ2) is 10.9. The van der Waals surface area contributed by atoms with Crippen molar-refractivity contribution in [1.82, 2.24) is 10.2 Å². The van der Waals surface area contributed by atoms with Gasteiger partial charge in [0.1, 0.15) is 17.4 Å². The molecule has 1 aliphatic rings. The number of H-pyrrole nitrogens is 1. The highest BCUT2D eigenvalue weighted by molar-refractivity contribution is 6.36. The molecule has 4 aromatic carbocycles. The summed E-state index contributed by atoms with van der Waals surface area (Å²) >= 11 is 6.25. The summed E-state index contributed by atoms with van der Waals surface area (Å²) in [5.41, 5.74) is -1.76. The van der Waals surface area contributed by atoms with E-state index in [0.717, 1.165) is 17.0 Å². The number of alkyl halides is 3. The number of amides is 3. The molecule has 5 aromatic rings. The minimum Gasteiger partial charge on any atom is -0.453 e. The van der Waals surface area contributed by atoms with Crippen LogP contribution >= 0.6 is 11.6 Å². The Morgan fingerprint density at radius 3 is 2.31 bits per heavy atom. The number of rotatable bonds is 6. The van der Waals surface area contributed by atoms with Crippen LogP contribution in [0.1, 0.15) is 42.2 Å². The topological polar surface area (TPSA) is 104 Å². The summed E-state index contributed by atoms with van der Waals surface area (Å²) in [7, 11) is 0. The van der Waals surface area contributed by atoms with E-state index in [2.05, 4.69) is 22.1 Å². The van der Waals surface area contributed by atoms with Crippen LogP contribution in [0.4, 0.5) is 33.5 Å². The molecule has 226 valence electrons. The number of nitrogens with one attached hydrogen (secondary N) is 2. The van der Waals surface area contributed by atoms with E-state index in [9.17, 15) is 36.3 Å². The first kappa shape index (κ1) is 29.5. The number of hydrogen-bond acceptors (Lipinski definition) is 5. The van der Waals surface area contributed by atoms with Gasteiger partial charge in [0.2, 0.25) is 0 Å². The van der Waals surface area contributed by atoms with E-state index in [-0.39, 0.29) is 61.7 Å². The minimum atomic E-state index is -4.95. The first-order valence-corrected chi connectivity index (χ1v) is 13.2. The molecular weight excluding hydrogens is 623 g/mol. The molecule has 0 unspecified atom stereocenters. The molecule has 8 nitrogen and oxygen atoms in total. The molecule has 14 heteroatoms. The van der Waals surface area contributed by atoms with Crippen molar-refractivity contribution in [1.29, 1.82) is 0 Å². The van der Waals surface area contributed by atoms with E-state index in [1.165, 1.54) is 30.3 Å². The van der Waals surface area contributed by atoms with Gasteiger partial charge < -0.3 is 10.1 Å². The van der Waals surface area contributed by atoms with E-state index in [0.29, 0.717) is 12.1 Å². The first-order chi connectivity index (χ1) is 21.4. The Morgan fingerprint density at radius 2 is 1.67 bits per heavy atom. The molecule has 3 amide bonds. The molecule has 0 spiro atoms. The van der Waals surface area contributed by atoms with Crippen LogP contribution in [0.15, 0.2) is 73.3 Å². The van der Waals surface area contributed by atoms with Gasteiger partial charge in [-0.1, -0.05) is 36.4 Å².